The first-order valence-corrected chi connectivity index (χ1v) is 8.62. The van der Waals surface area contributed by atoms with E-state index in [1.54, 1.807) is 11.8 Å². The molecule has 1 aromatic heterocycles. The first-order valence-electron chi connectivity index (χ1n) is 7.26. The Morgan fingerprint density at radius 2 is 2.00 bits per heavy atom. The number of hydrogen-bond donors (Lipinski definition) is 1. The van der Waals surface area contributed by atoms with Gasteiger partial charge in [0, 0.05) is 28.6 Å². The highest BCUT2D eigenvalue weighted by molar-refractivity contribution is 7.98. The number of halogens is 1. The van der Waals surface area contributed by atoms with Crippen LogP contribution < -0.4 is 5.32 Å². The molecule has 0 saturated carbocycles. The molecule has 0 radical (unpaired) electrons. The Morgan fingerprint density at radius 1 is 1.24 bits per heavy atom. The number of pyridine rings is 1. The summed E-state index contributed by atoms with van der Waals surface area (Å²) >= 11 is 7.69. The van der Waals surface area contributed by atoms with Crippen LogP contribution in [0.4, 0.5) is 0 Å². The molecular weight excluding hydrogens is 300 g/mol. The Morgan fingerprint density at radius 3 is 2.71 bits per heavy atom. The second-order valence-corrected chi connectivity index (χ2v) is 6.39. The maximum absolute atomic E-state index is 5.92. The zero-order valence-corrected chi connectivity index (χ0v) is 14.0. The monoisotopic (exact) mass is 320 g/mol. The maximum Gasteiger partial charge on any atom is 0.101 e. The summed E-state index contributed by atoms with van der Waals surface area (Å²) in [6, 6.07) is 12.5. The Hall–Kier alpha value is -1.03. The first kappa shape index (κ1) is 16.3. The summed E-state index contributed by atoms with van der Waals surface area (Å²) in [4.78, 5) is 4.54. The van der Waals surface area contributed by atoms with Gasteiger partial charge < -0.3 is 5.32 Å². The molecular formula is C17H21ClN2S. The molecule has 1 unspecified atom stereocenters. The molecule has 21 heavy (non-hydrogen) atoms. The van der Waals surface area contributed by atoms with Gasteiger partial charge in [-0.25, -0.2) is 4.98 Å². The van der Waals surface area contributed by atoms with Crippen molar-refractivity contribution < 1.29 is 0 Å². The summed E-state index contributed by atoms with van der Waals surface area (Å²) in [5.74, 6) is 0.904. The van der Waals surface area contributed by atoms with E-state index in [1.165, 1.54) is 11.1 Å². The summed E-state index contributed by atoms with van der Waals surface area (Å²) < 4.78 is 0. The Bertz CT molecular complexity index is 557. The van der Waals surface area contributed by atoms with Crippen molar-refractivity contribution in [2.45, 2.75) is 37.1 Å². The first-order chi connectivity index (χ1) is 10.2. The van der Waals surface area contributed by atoms with Gasteiger partial charge in [0.2, 0.25) is 0 Å². The van der Waals surface area contributed by atoms with Gasteiger partial charge in [-0.2, -0.15) is 0 Å². The topological polar surface area (TPSA) is 24.9 Å². The van der Waals surface area contributed by atoms with E-state index in [2.05, 4.69) is 42.3 Å². The molecule has 1 heterocycles. The van der Waals surface area contributed by atoms with Crippen LogP contribution in [0.5, 0.6) is 0 Å². The van der Waals surface area contributed by atoms with Crippen molar-refractivity contribution in [1.82, 2.24) is 10.3 Å². The summed E-state index contributed by atoms with van der Waals surface area (Å²) in [6.07, 6.45) is 3.00. The van der Waals surface area contributed by atoms with Crippen molar-refractivity contribution in [1.29, 1.82) is 0 Å². The lowest BCUT2D eigenvalue weighted by molar-refractivity contribution is 0.560. The molecule has 2 aromatic rings. The molecule has 2 nitrogen and oxygen atoms in total. The predicted molar refractivity (Wildman–Crippen MR) is 92.0 cm³/mol. The molecule has 0 bridgehead atoms. The number of nitrogens with zero attached hydrogens (tertiary/aromatic N) is 1. The smallest absolute Gasteiger partial charge is 0.101 e. The average molecular weight is 321 g/mol. The minimum Gasteiger partial charge on any atom is -0.310 e. The molecule has 112 valence electrons. The van der Waals surface area contributed by atoms with Crippen LogP contribution >= 0.6 is 23.4 Å². The van der Waals surface area contributed by atoms with E-state index in [9.17, 15) is 0 Å². The second-order valence-electron chi connectivity index (χ2n) is 4.99. The van der Waals surface area contributed by atoms with Crippen LogP contribution in [-0.2, 0) is 5.75 Å². The van der Waals surface area contributed by atoms with E-state index in [4.69, 9.17) is 11.6 Å². The van der Waals surface area contributed by atoms with Crippen molar-refractivity contribution >= 4 is 23.4 Å². The fraction of sp³-hybridized carbons (Fsp3) is 0.353. The van der Waals surface area contributed by atoms with Gasteiger partial charge in [-0.05, 0) is 43.7 Å². The normalized spacial score (nSPS) is 12.3. The molecule has 0 aliphatic heterocycles. The van der Waals surface area contributed by atoms with Crippen molar-refractivity contribution in [2.24, 2.45) is 0 Å². The third-order valence-corrected chi connectivity index (χ3v) is 4.60. The fourth-order valence-corrected chi connectivity index (χ4v) is 3.23. The highest BCUT2D eigenvalue weighted by atomic mass is 35.5. The minimum atomic E-state index is 0.325. The molecule has 1 atom stereocenters. The van der Waals surface area contributed by atoms with Crippen LogP contribution in [0.2, 0.25) is 5.02 Å². The number of hydrogen-bond acceptors (Lipinski definition) is 3. The van der Waals surface area contributed by atoms with Gasteiger partial charge in [-0.15, -0.1) is 11.8 Å². The molecule has 4 heteroatoms. The van der Waals surface area contributed by atoms with Gasteiger partial charge in [0.15, 0.2) is 0 Å². The van der Waals surface area contributed by atoms with Crippen LogP contribution in [0, 0.1) is 0 Å². The van der Waals surface area contributed by atoms with E-state index in [1.807, 2.05) is 24.4 Å². The molecule has 0 fully saturated rings. The lowest BCUT2D eigenvalue weighted by Crippen LogP contribution is -2.20. The standard InChI is InChI=1S/C17H21ClN2S/c1-3-10-19-13(2)16-5-4-11-20-17(16)21-12-14-6-8-15(18)9-7-14/h4-9,11,13,19H,3,10,12H2,1-2H3. The van der Waals surface area contributed by atoms with Crippen molar-refractivity contribution in [3.63, 3.8) is 0 Å². The summed E-state index contributed by atoms with van der Waals surface area (Å²) in [7, 11) is 0. The van der Waals surface area contributed by atoms with Crippen molar-refractivity contribution in [3.8, 4) is 0 Å². The van der Waals surface area contributed by atoms with Gasteiger partial charge in [-0.1, -0.05) is 36.7 Å². The van der Waals surface area contributed by atoms with E-state index in [0.717, 1.165) is 28.8 Å². The van der Waals surface area contributed by atoms with Gasteiger partial charge in [0.1, 0.15) is 5.03 Å². The number of thioether (sulfide) groups is 1. The van der Waals surface area contributed by atoms with Crippen LogP contribution in [0.25, 0.3) is 0 Å². The van der Waals surface area contributed by atoms with Crippen molar-refractivity contribution in [3.05, 3.63) is 58.7 Å². The van der Waals surface area contributed by atoms with E-state index >= 15 is 0 Å². The largest absolute Gasteiger partial charge is 0.310 e. The molecule has 0 aliphatic rings. The van der Waals surface area contributed by atoms with Crippen LogP contribution in [0.1, 0.15) is 37.4 Å². The molecule has 1 N–H and O–H groups in total. The van der Waals surface area contributed by atoms with Crippen LogP contribution in [-0.4, -0.2) is 11.5 Å². The van der Waals surface area contributed by atoms with Gasteiger partial charge in [0.05, 0.1) is 0 Å². The Labute approximate surface area is 136 Å². The minimum absolute atomic E-state index is 0.325. The Balaban J connectivity index is 2.04. The van der Waals surface area contributed by atoms with Gasteiger partial charge in [0.25, 0.3) is 0 Å². The predicted octanol–water partition coefficient (Wildman–Crippen LogP) is 5.09. The number of aromatic nitrogens is 1. The SMILES string of the molecule is CCCNC(C)c1cccnc1SCc1ccc(Cl)cc1. The zero-order chi connectivity index (χ0) is 15.1. The third-order valence-electron chi connectivity index (χ3n) is 3.26. The molecule has 0 aliphatic carbocycles. The van der Waals surface area contributed by atoms with E-state index in [-0.39, 0.29) is 0 Å². The quantitative estimate of drug-likeness (QED) is 0.719. The molecule has 0 saturated heterocycles. The average Bonchev–Trinajstić information content (AvgIpc) is 2.52. The van der Waals surface area contributed by atoms with Gasteiger partial charge >= 0.3 is 0 Å². The lowest BCUT2D eigenvalue weighted by atomic mass is 10.1. The zero-order valence-electron chi connectivity index (χ0n) is 12.5. The number of benzene rings is 1. The summed E-state index contributed by atoms with van der Waals surface area (Å²) in [5.41, 5.74) is 2.53. The number of nitrogens with one attached hydrogen (secondary N) is 1. The summed E-state index contributed by atoms with van der Waals surface area (Å²) in [5, 5.41) is 5.40. The second kappa shape index (κ2) is 8.42. The molecule has 0 spiro atoms. The fourth-order valence-electron chi connectivity index (χ4n) is 2.06. The van der Waals surface area contributed by atoms with E-state index < -0.39 is 0 Å². The molecule has 0 amide bonds. The lowest BCUT2D eigenvalue weighted by Gasteiger charge is -2.16. The molecule has 2 rings (SSSR count). The number of rotatable bonds is 7. The van der Waals surface area contributed by atoms with Crippen molar-refractivity contribution in [2.75, 3.05) is 6.54 Å². The van der Waals surface area contributed by atoms with Gasteiger partial charge in [-0.3, -0.25) is 0 Å². The highest BCUT2D eigenvalue weighted by Crippen LogP contribution is 2.28. The highest BCUT2D eigenvalue weighted by Gasteiger charge is 2.11. The van der Waals surface area contributed by atoms with Crippen LogP contribution in [0.15, 0.2) is 47.6 Å². The van der Waals surface area contributed by atoms with E-state index in [0.29, 0.717) is 6.04 Å². The Kier molecular flexibility index (Phi) is 6.55. The maximum atomic E-state index is 5.92. The summed E-state index contributed by atoms with van der Waals surface area (Å²) in [6.45, 7) is 5.40. The third kappa shape index (κ3) is 5.03. The van der Waals surface area contributed by atoms with Crippen LogP contribution in [0.3, 0.4) is 0 Å². The molecule has 1 aromatic carbocycles.